The molecule has 5 nitrogen and oxygen atoms in total. The Labute approximate surface area is 159 Å². The smallest absolute Gasteiger partial charge is 0.321 e. The first-order chi connectivity index (χ1) is 12.5. The zero-order valence-electron chi connectivity index (χ0n) is 15.4. The van der Waals surface area contributed by atoms with Crippen LogP contribution >= 0.6 is 11.6 Å². The molecule has 26 heavy (non-hydrogen) atoms. The zero-order valence-corrected chi connectivity index (χ0v) is 16.1. The van der Waals surface area contributed by atoms with Gasteiger partial charge in [0.2, 0.25) is 6.29 Å². The zero-order chi connectivity index (χ0) is 18.9. The van der Waals surface area contributed by atoms with Crippen molar-refractivity contribution in [2.45, 2.75) is 26.1 Å². The van der Waals surface area contributed by atoms with Gasteiger partial charge in [0.05, 0.1) is 11.6 Å². The van der Waals surface area contributed by atoms with Gasteiger partial charge in [0.15, 0.2) is 0 Å². The van der Waals surface area contributed by atoms with E-state index < -0.39 is 6.29 Å². The maximum atomic E-state index is 11.7. The fraction of sp³-hybridized carbons (Fsp3) is 0.350. The summed E-state index contributed by atoms with van der Waals surface area (Å²) in [6.07, 6.45) is 1.09. The fourth-order valence-corrected chi connectivity index (χ4v) is 2.47. The number of benzene rings is 2. The van der Waals surface area contributed by atoms with Gasteiger partial charge in [0.25, 0.3) is 0 Å². The fourth-order valence-electron chi connectivity index (χ4n) is 2.24. The SMILES string of the molecule is CCCOC(Cc1ccccc1)Oc1ccc(NC(=O)N(C)C)cc1Cl. The maximum absolute atomic E-state index is 11.7. The summed E-state index contributed by atoms with van der Waals surface area (Å²) in [7, 11) is 3.35. The number of nitrogens with one attached hydrogen (secondary N) is 1. The van der Waals surface area contributed by atoms with Crippen LogP contribution in [0.5, 0.6) is 5.75 Å². The third kappa shape index (κ3) is 6.24. The molecule has 0 aromatic heterocycles. The van der Waals surface area contributed by atoms with Crippen LogP contribution in [-0.4, -0.2) is 37.9 Å². The third-order valence-corrected chi connectivity index (χ3v) is 3.90. The van der Waals surface area contributed by atoms with E-state index in [-0.39, 0.29) is 6.03 Å². The monoisotopic (exact) mass is 376 g/mol. The lowest BCUT2D eigenvalue weighted by atomic mass is 10.1. The first-order valence-corrected chi connectivity index (χ1v) is 8.97. The first kappa shape index (κ1) is 20.1. The highest BCUT2D eigenvalue weighted by atomic mass is 35.5. The molecule has 1 N–H and O–H groups in total. The summed E-state index contributed by atoms with van der Waals surface area (Å²) >= 11 is 6.33. The molecule has 0 radical (unpaired) electrons. The third-order valence-electron chi connectivity index (χ3n) is 3.60. The largest absolute Gasteiger partial charge is 0.463 e. The van der Waals surface area contributed by atoms with Crippen molar-refractivity contribution in [3.63, 3.8) is 0 Å². The summed E-state index contributed by atoms with van der Waals surface area (Å²) in [5.41, 5.74) is 1.73. The van der Waals surface area contributed by atoms with Crippen LogP contribution in [0.1, 0.15) is 18.9 Å². The first-order valence-electron chi connectivity index (χ1n) is 8.59. The lowest BCUT2D eigenvalue weighted by Gasteiger charge is -2.21. The molecule has 0 spiro atoms. The van der Waals surface area contributed by atoms with Gasteiger partial charge in [-0.15, -0.1) is 0 Å². The standard InChI is InChI=1S/C20H25ClN2O3/c1-4-12-25-19(13-15-8-6-5-7-9-15)26-18-11-10-16(14-17(18)21)22-20(24)23(2)3/h5-11,14,19H,4,12-13H2,1-3H3,(H,22,24). The molecule has 0 heterocycles. The number of anilines is 1. The van der Waals surface area contributed by atoms with Gasteiger partial charge in [-0.2, -0.15) is 0 Å². The highest BCUT2D eigenvalue weighted by molar-refractivity contribution is 6.32. The van der Waals surface area contributed by atoms with Gasteiger partial charge in [0, 0.05) is 26.2 Å². The number of nitrogens with zero attached hydrogens (tertiary/aromatic N) is 1. The number of carbonyl (C=O) groups excluding carboxylic acids is 1. The van der Waals surface area contributed by atoms with Crippen LogP contribution in [0.2, 0.25) is 5.02 Å². The van der Waals surface area contributed by atoms with Crippen molar-refractivity contribution < 1.29 is 14.3 Å². The predicted octanol–water partition coefficient (Wildman–Crippen LogP) is 4.81. The Balaban J connectivity index is 2.08. The maximum Gasteiger partial charge on any atom is 0.321 e. The van der Waals surface area contributed by atoms with Crippen molar-refractivity contribution >= 4 is 23.3 Å². The summed E-state index contributed by atoms with van der Waals surface area (Å²) in [5.74, 6) is 0.520. The van der Waals surface area contributed by atoms with Crippen LogP contribution in [0.4, 0.5) is 10.5 Å². The van der Waals surface area contributed by atoms with E-state index in [9.17, 15) is 4.79 Å². The molecular formula is C20H25ClN2O3. The van der Waals surface area contributed by atoms with Crippen molar-refractivity contribution in [2.24, 2.45) is 0 Å². The highest BCUT2D eigenvalue weighted by Gasteiger charge is 2.15. The Bertz CT molecular complexity index is 707. The van der Waals surface area contributed by atoms with E-state index in [1.54, 1.807) is 32.3 Å². The van der Waals surface area contributed by atoms with Gasteiger partial charge < -0.3 is 19.7 Å². The number of halogens is 1. The van der Waals surface area contributed by atoms with E-state index in [0.717, 1.165) is 12.0 Å². The van der Waals surface area contributed by atoms with Crippen LogP contribution < -0.4 is 10.1 Å². The van der Waals surface area contributed by atoms with Crippen molar-refractivity contribution in [1.82, 2.24) is 4.90 Å². The minimum absolute atomic E-state index is 0.219. The van der Waals surface area contributed by atoms with Gasteiger partial charge in [-0.1, -0.05) is 48.9 Å². The summed E-state index contributed by atoms with van der Waals surface area (Å²) in [6.45, 7) is 2.65. The molecule has 0 aliphatic rings. The minimum atomic E-state index is -0.433. The Morgan fingerprint density at radius 2 is 1.92 bits per heavy atom. The highest BCUT2D eigenvalue weighted by Crippen LogP contribution is 2.29. The Hall–Kier alpha value is -2.24. The van der Waals surface area contributed by atoms with Crippen LogP contribution in [0, 0.1) is 0 Å². The molecule has 0 bridgehead atoms. The van der Waals surface area contributed by atoms with E-state index in [2.05, 4.69) is 12.2 Å². The number of rotatable bonds is 8. The topological polar surface area (TPSA) is 50.8 Å². The molecule has 0 saturated heterocycles. The average Bonchev–Trinajstić information content (AvgIpc) is 2.62. The Morgan fingerprint density at radius 3 is 2.54 bits per heavy atom. The molecule has 140 valence electrons. The number of hydrogen-bond donors (Lipinski definition) is 1. The quantitative estimate of drug-likeness (QED) is 0.673. The van der Waals surface area contributed by atoms with Crippen LogP contribution in [0.15, 0.2) is 48.5 Å². The van der Waals surface area contributed by atoms with Gasteiger partial charge >= 0.3 is 6.03 Å². The second-order valence-electron chi connectivity index (χ2n) is 6.08. The van der Waals surface area contributed by atoms with Crippen LogP contribution in [-0.2, 0) is 11.2 Å². The lowest BCUT2D eigenvalue weighted by molar-refractivity contribution is -0.0786. The average molecular weight is 377 g/mol. The second-order valence-corrected chi connectivity index (χ2v) is 6.48. The minimum Gasteiger partial charge on any atom is -0.463 e. The van der Waals surface area contributed by atoms with E-state index in [1.165, 1.54) is 4.90 Å². The summed E-state index contributed by atoms with van der Waals surface area (Å²) < 4.78 is 11.8. The van der Waals surface area contributed by atoms with Gasteiger partial charge in [-0.05, 0) is 30.2 Å². The molecular weight excluding hydrogens is 352 g/mol. The molecule has 0 aliphatic heterocycles. The molecule has 0 fully saturated rings. The summed E-state index contributed by atoms with van der Waals surface area (Å²) in [5, 5.41) is 3.17. The Kier molecular flexibility index (Phi) is 7.75. The second kappa shape index (κ2) is 10.0. The summed E-state index contributed by atoms with van der Waals surface area (Å²) in [4.78, 5) is 13.2. The lowest BCUT2D eigenvalue weighted by Crippen LogP contribution is -2.27. The van der Waals surface area contributed by atoms with Gasteiger partial charge in [0.1, 0.15) is 5.75 Å². The van der Waals surface area contributed by atoms with E-state index >= 15 is 0 Å². The van der Waals surface area contributed by atoms with Crippen molar-refractivity contribution in [1.29, 1.82) is 0 Å². The van der Waals surface area contributed by atoms with Crippen molar-refractivity contribution in [3.8, 4) is 5.75 Å². The van der Waals surface area contributed by atoms with Gasteiger partial charge in [-0.25, -0.2) is 4.79 Å². The van der Waals surface area contributed by atoms with Crippen molar-refractivity contribution in [2.75, 3.05) is 26.0 Å². The number of urea groups is 1. The molecule has 1 atom stereocenters. The van der Waals surface area contributed by atoms with E-state index in [0.29, 0.717) is 29.5 Å². The molecule has 0 saturated carbocycles. The molecule has 2 aromatic rings. The molecule has 6 heteroatoms. The normalized spacial score (nSPS) is 11.7. The molecule has 2 amide bonds. The number of ether oxygens (including phenoxy) is 2. The number of amides is 2. The number of hydrogen-bond acceptors (Lipinski definition) is 3. The molecule has 2 rings (SSSR count). The predicted molar refractivity (Wildman–Crippen MR) is 105 cm³/mol. The van der Waals surface area contributed by atoms with Crippen LogP contribution in [0.25, 0.3) is 0 Å². The molecule has 2 aromatic carbocycles. The van der Waals surface area contributed by atoms with Crippen LogP contribution in [0.3, 0.4) is 0 Å². The van der Waals surface area contributed by atoms with E-state index in [4.69, 9.17) is 21.1 Å². The van der Waals surface area contributed by atoms with Gasteiger partial charge in [-0.3, -0.25) is 0 Å². The van der Waals surface area contributed by atoms with E-state index in [1.807, 2.05) is 30.3 Å². The van der Waals surface area contributed by atoms with Crippen molar-refractivity contribution in [3.05, 3.63) is 59.1 Å². The molecule has 0 aliphatic carbocycles. The number of carbonyl (C=O) groups is 1. The molecule has 1 unspecified atom stereocenters. The summed E-state index contributed by atoms with van der Waals surface area (Å²) in [6, 6.07) is 15.0. The Morgan fingerprint density at radius 1 is 1.19 bits per heavy atom.